The molecule has 10 atom stereocenters. The number of ketones is 1. The monoisotopic (exact) mass is 461 g/mol. The van der Waals surface area contributed by atoms with Crippen LogP contribution in [0.4, 0.5) is 0 Å². The van der Waals surface area contributed by atoms with Crippen molar-refractivity contribution >= 4 is 11.8 Å². The van der Waals surface area contributed by atoms with E-state index in [1.165, 1.54) is 13.8 Å². The van der Waals surface area contributed by atoms with Crippen molar-refractivity contribution in [2.45, 2.75) is 88.8 Å². The normalized spacial score (nSPS) is 54.2. The number of nitrogens with zero attached hydrogens (tertiary/aromatic N) is 1. The number of carbonyl (C=O) groups is 2. The molecule has 8 heteroatoms. The lowest BCUT2D eigenvalue weighted by molar-refractivity contribution is -0.452. The number of Topliss-reactive ketones (excluding diaryl/α,β-unsaturated/α-hetero) is 1. The summed E-state index contributed by atoms with van der Waals surface area (Å²) in [6.07, 6.45) is 3.13. The van der Waals surface area contributed by atoms with Gasteiger partial charge in [0.2, 0.25) is 0 Å². The van der Waals surface area contributed by atoms with Crippen LogP contribution in [-0.2, 0) is 23.8 Å². The minimum atomic E-state index is -1.50. The Hall–Kier alpha value is -1.53. The summed E-state index contributed by atoms with van der Waals surface area (Å²) in [6.45, 7) is 4.48. The van der Waals surface area contributed by atoms with Gasteiger partial charge in [0.1, 0.15) is 17.5 Å². The maximum atomic E-state index is 12.8. The molecule has 4 saturated carbocycles. The van der Waals surface area contributed by atoms with Gasteiger partial charge in [0.05, 0.1) is 24.2 Å². The van der Waals surface area contributed by atoms with Crippen LogP contribution in [0.1, 0.15) is 65.7 Å². The first-order valence-corrected chi connectivity index (χ1v) is 12.1. The van der Waals surface area contributed by atoms with E-state index in [1.807, 2.05) is 0 Å². The van der Waals surface area contributed by atoms with Gasteiger partial charge in [-0.05, 0) is 44.9 Å². The van der Waals surface area contributed by atoms with Crippen molar-refractivity contribution in [1.29, 1.82) is 5.26 Å². The number of nitriles is 1. The second-order valence-corrected chi connectivity index (χ2v) is 11.5. The predicted octanol–water partition coefficient (Wildman–Crippen LogP) is 2.11. The van der Waals surface area contributed by atoms with E-state index < -0.39 is 58.8 Å². The fraction of sp³-hybridized carbons (Fsp3) is 0.880. The number of carbonyl (C=O) groups excluding carboxylic acids is 2. The smallest absolute Gasteiger partial charge is 0.303 e. The van der Waals surface area contributed by atoms with Gasteiger partial charge in [-0.1, -0.05) is 6.92 Å². The number of esters is 1. The lowest BCUT2D eigenvalue weighted by Gasteiger charge is -2.75. The molecule has 2 N–H and O–H groups in total. The summed E-state index contributed by atoms with van der Waals surface area (Å²) in [4.78, 5) is 25.2. The molecule has 8 nitrogen and oxygen atoms in total. The molecule has 33 heavy (non-hydrogen) atoms. The first-order valence-electron chi connectivity index (χ1n) is 12.1. The molecular formula is C25H35NO7. The third-order valence-electron chi connectivity index (χ3n) is 10.6. The Morgan fingerprint density at radius 2 is 1.91 bits per heavy atom. The fourth-order valence-electron chi connectivity index (χ4n) is 9.35. The largest absolute Gasteiger partial charge is 0.459 e. The van der Waals surface area contributed by atoms with Crippen molar-refractivity contribution in [1.82, 2.24) is 0 Å². The molecule has 6 rings (SSSR count). The second-order valence-electron chi connectivity index (χ2n) is 11.5. The SMILES string of the molecule is COC12CCC3(C)C(CCC4C5(O)CC(C#N)C(C(C)=O)C5(CO)CC(OC(C)=O)C43O1)C2. The van der Waals surface area contributed by atoms with Crippen molar-refractivity contribution in [2.75, 3.05) is 13.7 Å². The van der Waals surface area contributed by atoms with Crippen LogP contribution in [0, 0.1) is 45.8 Å². The quantitative estimate of drug-likeness (QED) is 0.610. The zero-order valence-electron chi connectivity index (χ0n) is 19.9. The lowest BCUT2D eigenvalue weighted by atomic mass is 9.38. The topological polar surface area (TPSA) is 126 Å². The summed E-state index contributed by atoms with van der Waals surface area (Å²) >= 11 is 0. The molecule has 182 valence electrons. The molecule has 0 aromatic rings. The van der Waals surface area contributed by atoms with E-state index in [-0.39, 0.29) is 30.0 Å². The fourth-order valence-corrected chi connectivity index (χ4v) is 9.35. The standard InChI is InChI=1S/C25H35NO7/c1-14(28)20-16(12-26)9-24(30)18-6-5-17-10-23(31-4)8-7-21(17,3)25(18,33-23)19(32-15(2)29)11-22(20,24)13-27/h16-20,27,30H,5-11,13H2,1-4H3. The number of aliphatic hydroxyl groups excluding tert-OH is 1. The van der Waals surface area contributed by atoms with Crippen molar-refractivity contribution in [3.63, 3.8) is 0 Å². The van der Waals surface area contributed by atoms with Gasteiger partial charge in [-0.25, -0.2) is 0 Å². The predicted molar refractivity (Wildman–Crippen MR) is 114 cm³/mol. The summed E-state index contributed by atoms with van der Waals surface area (Å²) in [6, 6.07) is 2.24. The molecule has 0 aromatic heterocycles. The molecule has 0 radical (unpaired) electrons. The van der Waals surface area contributed by atoms with Gasteiger partial charge in [-0.15, -0.1) is 0 Å². The van der Waals surface area contributed by atoms with Crippen LogP contribution in [0.3, 0.4) is 0 Å². The molecule has 0 aromatic carbocycles. The summed E-state index contributed by atoms with van der Waals surface area (Å²) < 4.78 is 18.8. The van der Waals surface area contributed by atoms with E-state index in [1.54, 1.807) is 7.11 Å². The van der Waals surface area contributed by atoms with Gasteiger partial charge in [-0.2, -0.15) is 5.26 Å². The Morgan fingerprint density at radius 1 is 1.18 bits per heavy atom. The first-order chi connectivity index (χ1) is 15.5. The average molecular weight is 462 g/mol. The Bertz CT molecular complexity index is 932. The molecule has 6 aliphatic rings. The van der Waals surface area contributed by atoms with Crippen molar-refractivity contribution in [2.24, 2.45) is 34.5 Å². The van der Waals surface area contributed by atoms with Crippen LogP contribution >= 0.6 is 0 Å². The van der Waals surface area contributed by atoms with Gasteiger partial charge in [0.15, 0.2) is 5.79 Å². The molecule has 2 saturated heterocycles. The molecule has 2 aliphatic heterocycles. The highest BCUT2D eigenvalue weighted by Crippen LogP contribution is 2.76. The van der Waals surface area contributed by atoms with E-state index in [4.69, 9.17) is 14.2 Å². The number of fused-ring (bicyclic) bond motifs is 3. The average Bonchev–Trinajstić information content (AvgIpc) is 3.02. The Kier molecular flexibility index (Phi) is 4.93. The van der Waals surface area contributed by atoms with Crippen molar-refractivity contribution in [3.05, 3.63) is 0 Å². The van der Waals surface area contributed by atoms with Crippen LogP contribution in [0.15, 0.2) is 0 Å². The molecule has 1 spiro atoms. The van der Waals surface area contributed by atoms with Gasteiger partial charge in [0.25, 0.3) is 0 Å². The van der Waals surface area contributed by atoms with Crippen LogP contribution in [0.2, 0.25) is 0 Å². The maximum absolute atomic E-state index is 12.8. The van der Waals surface area contributed by atoms with E-state index in [0.717, 1.165) is 25.7 Å². The molecule has 10 unspecified atom stereocenters. The lowest BCUT2D eigenvalue weighted by Crippen LogP contribution is -2.83. The maximum Gasteiger partial charge on any atom is 0.303 e. The van der Waals surface area contributed by atoms with Crippen LogP contribution in [0.25, 0.3) is 0 Å². The number of ether oxygens (including phenoxy) is 3. The van der Waals surface area contributed by atoms with E-state index in [0.29, 0.717) is 6.42 Å². The number of aliphatic hydroxyl groups is 2. The van der Waals surface area contributed by atoms with Crippen molar-refractivity contribution in [3.8, 4) is 6.07 Å². The van der Waals surface area contributed by atoms with E-state index in [2.05, 4.69) is 13.0 Å². The highest BCUT2D eigenvalue weighted by molar-refractivity contribution is 5.81. The van der Waals surface area contributed by atoms with Crippen LogP contribution in [-0.4, -0.2) is 58.8 Å². The van der Waals surface area contributed by atoms with Crippen molar-refractivity contribution < 1.29 is 34.0 Å². The summed E-state index contributed by atoms with van der Waals surface area (Å²) in [5.41, 5.74) is -4.18. The summed E-state index contributed by atoms with van der Waals surface area (Å²) in [5, 5.41) is 33.2. The van der Waals surface area contributed by atoms with Gasteiger partial charge < -0.3 is 24.4 Å². The highest BCUT2D eigenvalue weighted by Gasteiger charge is 2.83. The minimum absolute atomic E-state index is 0.0701. The molecule has 6 fully saturated rings. The van der Waals surface area contributed by atoms with E-state index in [9.17, 15) is 25.1 Å². The zero-order valence-corrected chi connectivity index (χ0v) is 19.9. The molecule has 2 heterocycles. The first kappa shape index (κ1) is 23.2. The van der Waals surface area contributed by atoms with Gasteiger partial charge in [0, 0.05) is 49.5 Å². The Balaban J connectivity index is 1.75. The molecule has 4 aliphatic carbocycles. The third kappa shape index (κ3) is 2.50. The number of hydrogen-bond donors (Lipinski definition) is 2. The Labute approximate surface area is 194 Å². The third-order valence-corrected chi connectivity index (χ3v) is 10.6. The van der Waals surface area contributed by atoms with Crippen LogP contribution < -0.4 is 0 Å². The summed E-state index contributed by atoms with van der Waals surface area (Å²) in [7, 11) is 1.64. The summed E-state index contributed by atoms with van der Waals surface area (Å²) in [5.74, 6) is -3.32. The minimum Gasteiger partial charge on any atom is -0.459 e. The number of rotatable bonds is 4. The zero-order chi connectivity index (χ0) is 24.0. The molecule has 4 bridgehead atoms. The molecule has 0 amide bonds. The Morgan fingerprint density at radius 3 is 2.48 bits per heavy atom. The second kappa shape index (κ2) is 7.00. The van der Waals surface area contributed by atoms with Crippen LogP contribution in [0.5, 0.6) is 0 Å². The van der Waals surface area contributed by atoms with E-state index >= 15 is 0 Å². The number of methoxy groups -OCH3 is 1. The molecular weight excluding hydrogens is 426 g/mol. The van der Waals surface area contributed by atoms with Gasteiger partial charge in [-0.3, -0.25) is 9.59 Å². The number of hydrogen-bond acceptors (Lipinski definition) is 8. The highest BCUT2D eigenvalue weighted by atomic mass is 16.7. The van der Waals surface area contributed by atoms with Gasteiger partial charge >= 0.3 is 5.97 Å².